The highest BCUT2D eigenvalue weighted by Crippen LogP contribution is 2.28. The van der Waals surface area contributed by atoms with Gasteiger partial charge in [0.25, 0.3) is 0 Å². The number of ether oxygens (including phenoxy) is 3. The van der Waals surface area contributed by atoms with Crippen molar-refractivity contribution in [2.24, 2.45) is 5.10 Å². The van der Waals surface area contributed by atoms with Crippen LogP contribution in [0.5, 0.6) is 11.5 Å². The van der Waals surface area contributed by atoms with Gasteiger partial charge in [-0.15, -0.1) is 0 Å². The average Bonchev–Trinajstić information content (AvgIpc) is 2.68. The standard InChI is InChI=1S/C19H30N4O3S/c1-4-25-17-7-6-16(14-18(17)26-5-2)15(3)21-22-19(27)20-8-9-23-10-12-24-13-11-23/h6-7,14H,4-5,8-13H2,1-3H3,(H2,20,22,27)/b21-15-. The maximum Gasteiger partial charge on any atom is 0.187 e. The maximum absolute atomic E-state index is 5.66. The van der Waals surface area contributed by atoms with Gasteiger partial charge < -0.3 is 19.5 Å². The van der Waals surface area contributed by atoms with E-state index in [1.54, 1.807) is 0 Å². The monoisotopic (exact) mass is 394 g/mol. The fourth-order valence-corrected chi connectivity index (χ4v) is 2.81. The second-order valence-corrected chi connectivity index (χ2v) is 6.45. The highest BCUT2D eigenvalue weighted by molar-refractivity contribution is 7.80. The quantitative estimate of drug-likeness (QED) is 0.377. The van der Waals surface area contributed by atoms with Crippen molar-refractivity contribution < 1.29 is 14.2 Å². The van der Waals surface area contributed by atoms with Crippen LogP contribution < -0.4 is 20.2 Å². The van der Waals surface area contributed by atoms with Crippen LogP contribution in [0.2, 0.25) is 0 Å². The summed E-state index contributed by atoms with van der Waals surface area (Å²) in [5, 5.41) is 8.06. The number of hydrazone groups is 1. The summed E-state index contributed by atoms with van der Waals surface area (Å²) < 4.78 is 16.6. The lowest BCUT2D eigenvalue weighted by Gasteiger charge is -2.26. The molecule has 1 aromatic rings. The number of rotatable bonds is 9. The minimum Gasteiger partial charge on any atom is -0.490 e. The zero-order valence-electron chi connectivity index (χ0n) is 16.4. The first-order chi connectivity index (χ1) is 13.1. The van der Waals surface area contributed by atoms with Crippen LogP contribution >= 0.6 is 12.2 Å². The molecule has 0 amide bonds. The van der Waals surface area contributed by atoms with E-state index >= 15 is 0 Å². The number of morpholine rings is 1. The normalized spacial score (nSPS) is 15.3. The summed E-state index contributed by atoms with van der Waals surface area (Å²) in [7, 11) is 0. The number of nitrogens with one attached hydrogen (secondary N) is 2. The molecule has 150 valence electrons. The fraction of sp³-hybridized carbons (Fsp3) is 0.579. The number of hydrogen-bond donors (Lipinski definition) is 2. The van der Waals surface area contributed by atoms with E-state index in [4.69, 9.17) is 26.4 Å². The van der Waals surface area contributed by atoms with Crippen molar-refractivity contribution in [2.75, 3.05) is 52.6 Å². The molecule has 0 saturated carbocycles. The first kappa shape index (κ1) is 21.4. The molecule has 7 nitrogen and oxygen atoms in total. The molecule has 0 atom stereocenters. The van der Waals surface area contributed by atoms with Gasteiger partial charge in [0.15, 0.2) is 16.6 Å². The Bertz CT molecular complexity index is 633. The molecule has 2 rings (SSSR count). The third-order valence-electron chi connectivity index (χ3n) is 4.10. The third-order valence-corrected chi connectivity index (χ3v) is 4.34. The van der Waals surface area contributed by atoms with E-state index in [-0.39, 0.29) is 0 Å². The SMILES string of the molecule is CCOc1ccc(/C(C)=N\NC(=S)NCCN2CCOCC2)cc1OCC. The molecular formula is C19H30N4O3S. The van der Waals surface area contributed by atoms with Gasteiger partial charge in [0.05, 0.1) is 32.1 Å². The highest BCUT2D eigenvalue weighted by Gasteiger charge is 2.10. The van der Waals surface area contributed by atoms with Crippen molar-refractivity contribution in [3.63, 3.8) is 0 Å². The molecule has 1 aliphatic rings. The number of thiocarbonyl (C=S) groups is 1. The van der Waals surface area contributed by atoms with Crippen LogP contribution in [0.3, 0.4) is 0 Å². The fourth-order valence-electron chi connectivity index (χ4n) is 2.67. The molecule has 1 saturated heterocycles. The second-order valence-electron chi connectivity index (χ2n) is 6.05. The predicted molar refractivity (Wildman–Crippen MR) is 112 cm³/mol. The van der Waals surface area contributed by atoms with Crippen LogP contribution in [0.15, 0.2) is 23.3 Å². The Balaban J connectivity index is 1.84. The number of nitrogens with zero attached hydrogens (tertiary/aromatic N) is 2. The summed E-state index contributed by atoms with van der Waals surface area (Å²) in [5.41, 5.74) is 4.67. The van der Waals surface area contributed by atoms with Crippen molar-refractivity contribution in [3.8, 4) is 11.5 Å². The van der Waals surface area contributed by atoms with Crippen molar-refractivity contribution in [3.05, 3.63) is 23.8 Å². The maximum atomic E-state index is 5.66. The number of benzene rings is 1. The third kappa shape index (κ3) is 7.32. The Kier molecular flexibility index (Phi) is 9.30. The molecule has 0 bridgehead atoms. The van der Waals surface area contributed by atoms with Crippen LogP contribution in [-0.4, -0.2) is 68.3 Å². The Morgan fingerprint density at radius 3 is 2.59 bits per heavy atom. The zero-order chi connectivity index (χ0) is 19.5. The van der Waals surface area contributed by atoms with E-state index in [0.29, 0.717) is 18.3 Å². The van der Waals surface area contributed by atoms with Crippen LogP contribution in [0, 0.1) is 0 Å². The second kappa shape index (κ2) is 11.7. The lowest BCUT2D eigenvalue weighted by molar-refractivity contribution is 0.0389. The smallest absolute Gasteiger partial charge is 0.187 e. The van der Waals surface area contributed by atoms with E-state index in [2.05, 4.69) is 20.7 Å². The molecule has 27 heavy (non-hydrogen) atoms. The van der Waals surface area contributed by atoms with Gasteiger partial charge in [-0.25, -0.2) is 0 Å². The molecule has 1 aliphatic heterocycles. The molecular weight excluding hydrogens is 364 g/mol. The molecule has 0 aliphatic carbocycles. The zero-order valence-corrected chi connectivity index (χ0v) is 17.2. The van der Waals surface area contributed by atoms with Gasteiger partial charge in [-0.05, 0) is 51.2 Å². The van der Waals surface area contributed by atoms with Crippen LogP contribution in [-0.2, 0) is 4.74 Å². The topological polar surface area (TPSA) is 67.4 Å². The van der Waals surface area contributed by atoms with E-state index in [0.717, 1.165) is 62.2 Å². The van der Waals surface area contributed by atoms with Gasteiger partial charge >= 0.3 is 0 Å². The van der Waals surface area contributed by atoms with Gasteiger partial charge in [0, 0.05) is 31.7 Å². The van der Waals surface area contributed by atoms with Gasteiger partial charge in [0.1, 0.15) is 0 Å². The number of hydrogen-bond acceptors (Lipinski definition) is 6. The molecule has 0 radical (unpaired) electrons. The van der Waals surface area contributed by atoms with Crippen LogP contribution in [0.25, 0.3) is 0 Å². The summed E-state index contributed by atoms with van der Waals surface area (Å²) >= 11 is 5.29. The molecule has 1 heterocycles. The molecule has 0 spiro atoms. The summed E-state index contributed by atoms with van der Waals surface area (Å²) in [6, 6.07) is 5.80. The Labute approximate surface area is 167 Å². The van der Waals surface area contributed by atoms with Crippen molar-refractivity contribution in [1.82, 2.24) is 15.6 Å². The summed E-state index contributed by atoms with van der Waals surface area (Å²) in [5.74, 6) is 1.46. The largest absolute Gasteiger partial charge is 0.490 e. The van der Waals surface area contributed by atoms with Crippen molar-refractivity contribution >= 4 is 23.0 Å². The summed E-state index contributed by atoms with van der Waals surface area (Å²) in [4.78, 5) is 2.35. The van der Waals surface area contributed by atoms with Crippen LogP contribution in [0.1, 0.15) is 26.3 Å². The molecule has 1 fully saturated rings. The lowest BCUT2D eigenvalue weighted by Crippen LogP contribution is -2.42. The first-order valence-corrected chi connectivity index (χ1v) is 9.83. The highest BCUT2D eigenvalue weighted by atomic mass is 32.1. The molecule has 2 N–H and O–H groups in total. The average molecular weight is 395 g/mol. The molecule has 0 unspecified atom stereocenters. The lowest BCUT2D eigenvalue weighted by atomic mass is 10.1. The van der Waals surface area contributed by atoms with Crippen LogP contribution in [0.4, 0.5) is 0 Å². The predicted octanol–water partition coefficient (Wildman–Crippen LogP) is 2.00. The van der Waals surface area contributed by atoms with E-state index in [9.17, 15) is 0 Å². The molecule has 1 aromatic carbocycles. The molecule has 8 heteroatoms. The first-order valence-electron chi connectivity index (χ1n) is 9.42. The van der Waals surface area contributed by atoms with E-state index < -0.39 is 0 Å². The van der Waals surface area contributed by atoms with E-state index in [1.807, 2.05) is 39.0 Å². The Morgan fingerprint density at radius 1 is 1.19 bits per heavy atom. The van der Waals surface area contributed by atoms with Crippen molar-refractivity contribution in [1.29, 1.82) is 0 Å². The van der Waals surface area contributed by atoms with Gasteiger partial charge in [-0.2, -0.15) is 5.10 Å². The minimum atomic E-state index is 0.513. The Hall–Kier alpha value is -1.90. The summed E-state index contributed by atoms with van der Waals surface area (Å²) in [6.07, 6.45) is 0. The summed E-state index contributed by atoms with van der Waals surface area (Å²) in [6.45, 7) is 12.3. The van der Waals surface area contributed by atoms with Gasteiger partial charge in [-0.3, -0.25) is 10.3 Å². The van der Waals surface area contributed by atoms with Gasteiger partial charge in [-0.1, -0.05) is 0 Å². The Morgan fingerprint density at radius 2 is 1.89 bits per heavy atom. The van der Waals surface area contributed by atoms with Gasteiger partial charge in [0.2, 0.25) is 0 Å². The van der Waals surface area contributed by atoms with E-state index in [1.165, 1.54) is 0 Å². The molecule has 0 aromatic heterocycles. The van der Waals surface area contributed by atoms with Crippen molar-refractivity contribution in [2.45, 2.75) is 20.8 Å². The minimum absolute atomic E-state index is 0.513.